The van der Waals surface area contributed by atoms with Crippen LogP contribution in [0, 0.1) is 5.71 Å². The van der Waals surface area contributed by atoms with E-state index in [0.717, 1.165) is 15.7 Å². The monoisotopic (exact) mass is 474 g/mol. The number of quaternary nitrogens is 1. The number of hydrogen-bond acceptors (Lipinski definition) is 4. The molecule has 0 amide bonds. The standard InChI is InChI=1S/C30H20N2O4/c33-27-17-25(29(35)23-7-3-1-5-21(23)27)31-13-9-19(10-14-31)20-11-15-32(16-12-20)26-18-28(34)22-6-2-4-8-24(22)30(26)36/h1-18H,(H2,33,34,35,36)/p+2. The summed E-state index contributed by atoms with van der Waals surface area (Å²) in [6.45, 7) is 0. The van der Waals surface area contributed by atoms with Gasteiger partial charge in [-0.05, 0) is 10.8 Å². The molecule has 4 N–H and O–H groups in total. The number of carbonyl (C=O) groups is 1. The number of allylic oxidation sites excluding steroid dienone is 3. The Bertz CT molecular complexity index is 1760. The van der Waals surface area contributed by atoms with E-state index >= 15 is 0 Å². The smallest absolute Gasteiger partial charge is 0.262 e. The molecule has 0 radical (unpaired) electrons. The van der Waals surface area contributed by atoms with Gasteiger partial charge in [0.2, 0.25) is 0 Å². The van der Waals surface area contributed by atoms with Gasteiger partial charge in [0.05, 0.1) is 6.08 Å². The predicted molar refractivity (Wildman–Crippen MR) is 136 cm³/mol. The van der Waals surface area contributed by atoms with Crippen molar-refractivity contribution in [3.8, 4) is 11.5 Å². The average molecular weight is 475 g/mol. The molecule has 0 spiro atoms. The number of rotatable bonds is 1. The Labute approximate surface area is 206 Å². The number of fused-ring (bicyclic) bond motifs is 2. The molecule has 0 saturated carbocycles. The van der Waals surface area contributed by atoms with E-state index in [4.69, 9.17) is 0 Å². The van der Waals surface area contributed by atoms with E-state index in [9.17, 15) is 20.1 Å². The number of carbonyl (C=O) groups excluding carboxylic acids is 1. The van der Waals surface area contributed by atoms with Crippen molar-refractivity contribution in [3.63, 3.8) is 0 Å². The third-order valence-corrected chi connectivity index (χ3v) is 6.58. The van der Waals surface area contributed by atoms with Crippen molar-refractivity contribution in [2.24, 2.45) is 0 Å². The zero-order valence-electron chi connectivity index (χ0n) is 19.1. The summed E-state index contributed by atoms with van der Waals surface area (Å²) < 4.78 is 1.70. The number of aromatic nitrogens is 1. The molecule has 0 bridgehead atoms. The van der Waals surface area contributed by atoms with E-state index in [1.165, 1.54) is 6.08 Å². The van der Waals surface area contributed by atoms with Gasteiger partial charge in [-0.3, -0.25) is 4.79 Å². The lowest BCUT2D eigenvalue weighted by Crippen LogP contribution is -2.97. The second kappa shape index (κ2) is 8.37. The van der Waals surface area contributed by atoms with E-state index in [1.54, 1.807) is 59.1 Å². The summed E-state index contributed by atoms with van der Waals surface area (Å²) >= 11 is 0. The molecule has 4 aromatic rings. The number of phenolic OH excluding ortho intramolecular Hbond substituents is 2. The van der Waals surface area contributed by atoms with Crippen LogP contribution in [-0.4, -0.2) is 21.1 Å². The summed E-state index contributed by atoms with van der Waals surface area (Å²) in [6, 6.07) is 19.6. The van der Waals surface area contributed by atoms with Crippen LogP contribution in [-0.2, 0) is 0 Å². The maximum atomic E-state index is 13.0. The number of aliphatic hydroxyl groups is 1. The summed E-state index contributed by atoms with van der Waals surface area (Å²) in [4.78, 5) is 13.8. The Morgan fingerprint density at radius 3 is 2.11 bits per heavy atom. The quantitative estimate of drug-likeness (QED) is 0.194. The molecular weight excluding hydrogens is 452 g/mol. The number of hydrogen-bond donors (Lipinski definition) is 4. The van der Waals surface area contributed by atoms with Crippen molar-refractivity contribution in [1.82, 2.24) is 0 Å². The van der Waals surface area contributed by atoms with Gasteiger partial charge >= 0.3 is 0 Å². The summed E-state index contributed by atoms with van der Waals surface area (Å²) in [5.41, 5.74) is 2.90. The maximum Gasteiger partial charge on any atom is 0.262 e. The predicted octanol–water partition coefficient (Wildman–Crippen LogP) is 3.12. The van der Waals surface area contributed by atoms with E-state index < -0.39 is 0 Å². The molecule has 6 heteroatoms. The van der Waals surface area contributed by atoms with Crippen LogP contribution in [0.25, 0.3) is 22.1 Å². The van der Waals surface area contributed by atoms with Crippen molar-refractivity contribution in [2.75, 3.05) is 0 Å². The molecule has 2 aliphatic rings. The van der Waals surface area contributed by atoms with Crippen molar-refractivity contribution in [2.45, 2.75) is 0 Å². The fourth-order valence-electron chi connectivity index (χ4n) is 4.69. The van der Waals surface area contributed by atoms with Gasteiger partial charge in [0.1, 0.15) is 23.9 Å². The molecule has 36 heavy (non-hydrogen) atoms. The first-order valence-electron chi connectivity index (χ1n) is 11.5. The molecule has 0 unspecified atom stereocenters. The first-order chi connectivity index (χ1) is 17.5. The summed E-state index contributed by atoms with van der Waals surface area (Å²) in [5, 5.41) is 33.8. The van der Waals surface area contributed by atoms with Crippen molar-refractivity contribution < 1.29 is 29.3 Å². The summed E-state index contributed by atoms with van der Waals surface area (Å²) in [7, 11) is 0. The second-order valence-electron chi connectivity index (χ2n) is 8.70. The Hall–Kier alpha value is -4.94. The van der Waals surface area contributed by atoms with Gasteiger partial charge in [0.25, 0.3) is 11.5 Å². The topological polar surface area (TPSA) is 88.1 Å². The first kappa shape index (κ1) is 21.6. The Kier molecular flexibility index (Phi) is 5.02. The van der Waals surface area contributed by atoms with E-state index in [2.05, 4.69) is 0 Å². The summed E-state index contributed by atoms with van der Waals surface area (Å²) in [6.07, 6.45) is 12.8. The molecule has 0 saturated heterocycles. The zero-order chi connectivity index (χ0) is 24.8. The van der Waals surface area contributed by atoms with Crippen LogP contribution in [0.3, 0.4) is 0 Å². The number of nitrogens with one attached hydrogen (secondary N) is 1. The van der Waals surface area contributed by atoms with E-state index in [-0.39, 0.29) is 23.0 Å². The van der Waals surface area contributed by atoms with Crippen LogP contribution in [0.1, 0.15) is 15.9 Å². The number of aromatic hydroxyl groups is 2. The molecule has 3 aromatic carbocycles. The lowest BCUT2D eigenvalue weighted by Gasteiger charge is -2.15. The van der Waals surface area contributed by atoms with Crippen LogP contribution in [0.2, 0.25) is 0 Å². The Balaban J connectivity index is 1.35. The minimum atomic E-state index is -0.149. The van der Waals surface area contributed by atoms with E-state index in [0.29, 0.717) is 33.3 Å². The first-order valence-corrected chi connectivity index (χ1v) is 11.5. The van der Waals surface area contributed by atoms with Crippen molar-refractivity contribution in [1.29, 1.82) is 0 Å². The average Bonchev–Trinajstić information content (AvgIpc) is 2.93. The SMILES string of the molecule is O=C1C(=[n+]2ccc(=C3C=C[NH+](c4cc(O)c5ccccc5c4O)C=C3)cc2)C=C(O)c2ccccc21. The van der Waals surface area contributed by atoms with Gasteiger partial charge in [0, 0.05) is 52.3 Å². The number of phenols is 2. The number of aliphatic hydroxyl groups excluding tert-OH is 1. The second-order valence-corrected chi connectivity index (χ2v) is 8.70. The molecule has 1 aliphatic carbocycles. The highest BCUT2D eigenvalue weighted by molar-refractivity contribution is 6.10. The van der Waals surface area contributed by atoms with Crippen molar-refractivity contribution >= 4 is 33.6 Å². The zero-order valence-corrected chi connectivity index (χ0v) is 19.1. The minimum absolute atomic E-state index is 0.0651. The fraction of sp³-hybridized carbons (Fsp3) is 0. The molecule has 2 heterocycles. The lowest BCUT2D eigenvalue weighted by molar-refractivity contribution is -0.713. The maximum absolute atomic E-state index is 13.0. The Morgan fingerprint density at radius 2 is 1.39 bits per heavy atom. The highest BCUT2D eigenvalue weighted by atomic mass is 16.3. The molecule has 0 fully saturated rings. The van der Waals surface area contributed by atoms with Gasteiger partial charge in [0.15, 0.2) is 23.8 Å². The number of benzene rings is 3. The largest absolute Gasteiger partial charge is 0.507 e. The number of nitrogens with zero attached hydrogens (tertiary/aromatic N) is 1. The fourth-order valence-corrected chi connectivity index (χ4v) is 4.69. The van der Waals surface area contributed by atoms with Gasteiger partial charge < -0.3 is 15.3 Å². The lowest BCUT2D eigenvalue weighted by atomic mass is 9.93. The van der Waals surface area contributed by atoms with Crippen LogP contribution >= 0.6 is 0 Å². The van der Waals surface area contributed by atoms with Crippen molar-refractivity contribution in [3.05, 3.63) is 132 Å². The van der Waals surface area contributed by atoms with Crippen LogP contribution in [0.5, 0.6) is 11.5 Å². The molecule has 6 rings (SSSR count). The van der Waals surface area contributed by atoms with Crippen LogP contribution in [0.4, 0.5) is 5.69 Å². The van der Waals surface area contributed by atoms with Gasteiger partial charge in [-0.1, -0.05) is 48.5 Å². The molecule has 174 valence electrons. The molecular formula is C30H22N2O4+2. The van der Waals surface area contributed by atoms with Crippen LogP contribution in [0.15, 0.2) is 110 Å². The van der Waals surface area contributed by atoms with E-state index in [1.807, 2.05) is 48.8 Å². The van der Waals surface area contributed by atoms with Crippen LogP contribution < -0.4 is 14.4 Å². The highest BCUT2D eigenvalue weighted by Crippen LogP contribution is 2.36. The Morgan fingerprint density at radius 1 is 0.750 bits per heavy atom. The molecule has 6 nitrogen and oxygen atoms in total. The molecule has 0 atom stereocenters. The van der Waals surface area contributed by atoms with Gasteiger partial charge in [-0.15, -0.1) is 0 Å². The third kappa shape index (κ3) is 3.48. The number of ketones is 1. The highest BCUT2D eigenvalue weighted by Gasteiger charge is 2.28. The number of pyridine rings is 1. The van der Waals surface area contributed by atoms with Gasteiger partial charge in [-0.25, -0.2) is 4.90 Å². The minimum Gasteiger partial charge on any atom is -0.507 e. The molecule has 1 aliphatic heterocycles. The van der Waals surface area contributed by atoms with Gasteiger partial charge in [-0.2, -0.15) is 4.24 Å². The molecule has 1 aromatic heterocycles. The normalized spacial score (nSPS) is 16.8. The summed E-state index contributed by atoms with van der Waals surface area (Å²) in [5.74, 6) is 0.163. The third-order valence-electron chi connectivity index (χ3n) is 6.58. The number of Topliss-reactive ketones (excluding diaryl/α,β-unsaturated/α-hetero) is 1.